The second-order valence-corrected chi connectivity index (χ2v) is 5.92. The first-order chi connectivity index (χ1) is 6.58. The van der Waals surface area contributed by atoms with Crippen LogP contribution in [-0.2, 0) is 5.54 Å². The summed E-state index contributed by atoms with van der Waals surface area (Å²) in [7, 11) is 4.30. The van der Waals surface area contributed by atoms with Crippen molar-refractivity contribution < 1.29 is 0 Å². The Morgan fingerprint density at radius 2 is 2.29 bits per heavy atom. The molecular formula is C10H14BrN3. The van der Waals surface area contributed by atoms with E-state index in [2.05, 4.69) is 50.9 Å². The van der Waals surface area contributed by atoms with E-state index in [0.29, 0.717) is 11.0 Å². The molecule has 0 radical (unpaired) electrons. The summed E-state index contributed by atoms with van der Waals surface area (Å²) in [4.78, 5) is 2.29. The van der Waals surface area contributed by atoms with Gasteiger partial charge in [-0.05, 0) is 42.9 Å². The van der Waals surface area contributed by atoms with Gasteiger partial charge in [-0.15, -0.1) is 0 Å². The van der Waals surface area contributed by atoms with Crippen molar-refractivity contribution in [1.29, 1.82) is 0 Å². The fourth-order valence-corrected chi connectivity index (χ4v) is 3.07. The van der Waals surface area contributed by atoms with Crippen LogP contribution in [-0.4, -0.2) is 35.3 Å². The number of halogens is 1. The predicted molar refractivity (Wildman–Crippen MR) is 58.1 cm³/mol. The third kappa shape index (κ3) is 0.984. The maximum Gasteiger partial charge on any atom is 0.0711 e. The van der Waals surface area contributed by atoms with Crippen LogP contribution in [0.1, 0.15) is 12.8 Å². The largest absolute Gasteiger partial charge is 0.309 e. The van der Waals surface area contributed by atoms with Gasteiger partial charge in [-0.2, -0.15) is 5.10 Å². The predicted octanol–water partition coefficient (Wildman–Crippen LogP) is 1.70. The zero-order chi connectivity index (χ0) is 9.97. The number of fused-ring (bicyclic) bond motifs is 1. The number of aromatic nitrogens is 2. The fraction of sp³-hybridized carbons (Fsp3) is 0.700. The summed E-state index contributed by atoms with van der Waals surface area (Å²) in [5.41, 5.74) is 0.950. The Balaban J connectivity index is 1.80. The molecule has 0 spiro atoms. The quantitative estimate of drug-likeness (QED) is 0.820. The van der Waals surface area contributed by atoms with E-state index in [-0.39, 0.29) is 0 Å². The van der Waals surface area contributed by atoms with E-state index in [1.165, 1.54) is 19.4 Å². The Morgan fingerprint density at radius 3 is 2.79 bits per heavy atom. The van der Waals surface area contributed by atoms with Crippen LogP contribution in [0.5, 0.6) is 0 Å². The van der Waals surface area contributed by atoms with Crippen molar-refractivity contribution in [2.24, 2.45) is 5.41 Å². The van der Waals surface area contributed by atoms with Crippen molar-refractivity contribution in [2.45, 2.75) is 18.4 Å². The molecule has 14 heavy (non-hydrogen) atoms. The number of nitrogens with zero attached hydrogens (tertiary/aromatic N) is 3. The molecule has 0 aromatic carbocycles. The molecule has 0 saturated heterocycles. The molecule has 2 saturated carbocycles. The fourth-order valence-electron chi connectivity index (χ4n) is 2.78. The van der Waals surface area contributed by atoms with Gasteiger partial charge in [0.1, 0.15) is 0 Å². The van der Waals surface area contributed by atoms with Crippen LogP contribution in [0.2, 0.25) is 0 Å². The van der Waals surface area contributed by atoms with Gasteiger partial charge in [0.2, 0.25) is 0 Å². The lowest BCUT2D eigenvalue weighted by Crippen LogP contribution is -2.18. The smallest absolute Gasteiger partial charge is 0.0711 e. The van der Waals surface area contributed by atoms with Gasteiger partial charge < -0.3 is 4.90 Å². The molecule has 2 aliphatic rings. The first kappa shape index (κ1) is 8.92. The minimum Gasteiger partial charge on any atom is -0.309 e. The van der Waals surface area contributed by atoms with Gasteiger partial charge in [0, 0.05) is 18.2 Å². The van der Waals surface area contributed by atoms with E-state index in [1.807, 2.05) is 6.20 Å². The normalized spacial score (nSPS) is 38.6. The van der Waals surface area contributed by atoms with Crippen LogP contribution in [0.25, 0.3) is 0 Å². The second-order valence-electron chi connectivity index (χ2n) is 5.01. The molecular weight excluding hydrogens is 242 g/mol. The minimum absolute atomic E-state index is 0.392. The summed E-state index contributed by atoms with van der Waals surface area (Å²) < 4.78 is 3.24. The summed E-state index contributed by atoms with van der Waals surface area (Å²) in [5, 5.41) is 4.39. The summed E-state index contributed by atoms with van der Waals surface area (Å²) in [6, 6.07) is 0. The minimum atomic E-state index is 0.392. The van der Waals surface area contributed by atoms with Gasteiger partial charge in [-0.3, -0.25) is 4.68 Å². The molecule has 1 heterocycles. The van der Waals surface area contributed by atoms with Crippen molar-refractivity contribution in [3.8, 4) is 0 Å². The average molecular weight is 256 g/mol. The van der Waals surface area contributed by atoms with Crippen molar-refractivity contribution in [3.63, 3.8) is 0 Å². The van der Waals surface area contributed by atoms with E-state index < -0.39 is 0 Å². The molecule has 2 fully saturated rings. The molecule has 3 rings (SSSR count). The van der Waals surface area contributed by atoms with Crippen molar-refractivity contribution in [3.05, 3.63) is 16.9 Å². The summed E-state index contributed by atoms with van der Waals surface area (Å²) >= 11 is 3.45. The first-order valence-electron chi connectivity index (χ1n) is 4.93. The van der Waals surface area contributed by atoms with Gasteiger partial charge in [-0.1, -0.05) is 0 Å². The third-order valence-corrected chi connectivity index (χ3v) is 4.02. The van der Waals surface area contributed by atoms with Gasteiger partial charge in [0.15, 0.2) is 0 Å². The lowest BCUT2D eigenvalue weighted by Gasteiger charge is -2.09. The molecule has 76 valence electrons. The summed E-state index contributed by atoms with van der Waals surface area (Å²) in [5.74, 6) is 0. The molecule has 3 nitrogen and oxygen atoms in total. The van der Waals surface area contributed by atoms with Crippen molar-refractivity contribution in [1.82, 2.24) is 14.7 Å². The lowest BCUT2D eigenvalue weighted by atomic mass is 10.2. The molecule has 0 bridgehead atoms. The molecule has 0 N–H and O–H groups in total. The van der Waals surface area contributed by atoms with Gasteiger partial charge >= 0.3 is 0 Å². The van der Waals surface area contributed by atoms with Gasteiger partial charge in [-0.25, -0.2) is 0 Å². The molecule has 4 heteroatoms. The second kappa shape index (κ2) is 2.42. The summed E-state index contributed by atoms with van der Waals surface area (Å²) in [6.07, 6.45) is 6.61. The number of hydrogen-bond donors (Lipinski definition) is 0. The third-order valence-electron chi connectivity index (χ3n) is 3.61. The first-order valence-corrected chi connectivity index (χ1v) is 5.73. The number of hydrogen-bond acceptors (Lipinski definition) is 2. The summed E-state index contributed by atoms with van der Waals surface area (Å²) in [6.45, 7) is 1.20. The zero-order valence-electron chi connectivity index (χ0n) is 8.50. The molecule has 2 aliphatic carbocycles. The Hall–Kier alpha value is -0.350. The maximum absolute atomic E-state index is 4.39. The van der Waals surface area contributed by atoms with Crippen molar-refractivity contribution in [2.75, 3.05) is 20.6 Å². The standard InChI is InChI=1S/C10H14BrN3/c1-13(2)7-9-5-10(9,6-9)14-4-8(11)3-12-14/h3-4H,5-7H2,1-2H3. The lowest BCUT2D eigenvalue weighted by molar-refractivity contribution is 0.352. The van der Waals surface area contributed by atoms with Crippen LogP contribution in [0, 0.1) is 5.41 Å². The number of rotatable bonds is 3. The highest BCUT2D eigenvalue weighted by Crippen LogP contribution is 2.83. The van der Waals surface area contributed by atoms with Crippen LogP contribution in [0.3, 0.4) is 0 Å². The Bertz CT molecular complexity index is 376. The van der Waals surface area contributed by atoms with E-state index in [0.717, 1.165) is 4.47 Å². The van der Waals surface area contributed by atoms with Crippen LogP contribution >= 0.6 is 15.9 Å². The average Bonchev–Trinajstić information content (AvgIpc) is 2.73. The molecule has 0 aliphatic heterocycles. The topological polar surface area (TPSA) is 21.1 Å². The molecule has 1 aromatic rings. The van der Waals surface area contributed by atoms with Crippen LogP contribution in [0.15, 0.2) is 16.9 Å². The van der Waals surface area contributed by atoms with Crippen LogP contribution in [0.4, 0.5) is 0 Å². The van der Waals surface area contributed by atoms with Crippen LogP contribution < -0.4 is 0 Å². The maximum atomic E-state index is 4.39. The molecule has 0 amide bonds. The highest BCUT2D eigenvalue weighted by atomic mass is 79.9. The monoisotopic (exact) mass is 255 g/mol. The Morgan fingerprint density at radius 1 is 1.57 bits per heavy atom. The highest BCUT2D eigenvalue weighted by Gasteiger charge is 2.84. The van der Waals surface area contributed by atoms with Crippen molar-refractivity contribution >= 4 is 15.9 Å². The molecule has 1 aromatic heterocycles. The Kier molecular flexibility index (Phi) is 1.54. The van der Waals surface area contributed by atoms with Gasteiger partial charge in [0.05, 0.1) is 16.2 Å². The highest BCUT2D eigenvalue weighted by molar-refractivity contribution is 9.10. The molecule has 0 atom stereocenters. The Labute approximate surface area is 92.2 Å². The van der Waals surface area contributed by atoms with E-state index in [9.17, 15) is 0 Å². The van der Waals surface area contributed by atoms with E-state index in [1.54, 1.807) is 0 Å². The van der Waals surface area contributed by atoms with Gasteiger partial charge in [0.25, 0.3) is 0 Å². The van der Waals surface area contributed by atoms with E-state index >= 15 is 0 Å². The zero-order valence-corrected chi connectivity index (χ0v) is 10.1. The SMILES string of the molecule is CN(C)CC12CC1(n1cc(Br)cn1)C2. The molecule has 0 unspecified atom stereocenters. The van der Waals surface area contributed by atoms with E-state index in [4.69, 9.17) is 0 Å².